The van der Waals surface area contributed by atoms with Crippen LogP contribution in [0.1, 0.15) is 114 Å². The number of hydrogen-bond donors (Lipinski definition) is 0. The Labute approximate surface area is 276 Å². The first kappa shape index (κ1) is 36.3. The van der Waals surface area contributed by atoms with E-state index in [1.807, 2.05) is 18.2 Å². The molecular weight excluding hydrogens is 584 g/mol. The molecule has 1 aromatic rings. The zero-order valence-corrected chi connectivity index (χ0v) is 28.0. The van der Waals surface area contributed by atoms with E-state index in [0.29, 0.717) is 25.0 Å². The SMILES string of the molecule is CCCCC[C@@H](C=C[C@@H]1[C@@H](CC=CCCCC(=O)OC)[C@@H](OC2CCCCO2)C[C@H]1OC(=O)c1ccccc1)OC1CCCCO1. The molecule has 0 spiro atoms. The third kappa shape index (κ3) is 12.3. The Hall–Kier alpha value is -2.52. The van der Waals surface area contributed by atoms with E-state index in [0.717, 1.165) is 90.1 Å². The second kappa shape index (κ2) is 20.7. The van der Waals surface area contributed by atoms with Crippen molar-refractivity contribution in [3.63, 3.8) is 0 Å². The molecule has 2 unspecified atom stereocenters. The first-order valence-corrected chi connectivity index (χ1v) is 17.8. The second-order valence-electron chi connectivity index (χ2n) is 12.8. The quantitative estimate of drug-likeness (QED) is 0.0904. The van der Waals surface area contributed by atoms with Crippen LogP contribution in [0.25, 0.3) is 0 Å². The van der Waals surface area contributed by atoms with Crippen molar-refractivity contribution in [3.05, 3.63) is 60.2 Å². The average molecular weight is 641 g/mol. The van der Waals surface area contributed by atoms with Crippen LogP contribution in [-0.4, -0.2) is 63.2 Å². The maximum Gasteiger partial charge on any atom is 0.338 e. The molecule has 8 nitrogen and oxygen atoms in total. The maximum atomic E-state index is 13.3. The molecule has 1 aliphatic carbocycles. The van der Waals surface area contributed by atoms with Crippen molar-refractivity contribution in [2.45, 2.75) is 134 Å². The van der Waals surface area contributed by atoms with Crippen LogP contribution in [0.5, 0.6) is 0 Å². The van der Waals surface area contributed by atoms with Crippen LogP contribution in [0, 0.1) is 11.8 Å². The lowest BCUT2D eigenvalue weighted by Crippen LogP contribution is -2.31. The molecule has 1 saturated carbocycles. The molecule has 46 heavy (non-hydrogen) atoms. The van der Waals surface area contributed by atoms with E-state index in [9.17, 15) is 9.59 Å². The van der Waals surface area contributed by atoms with Gasteiger partial charge in [0.1, 0.15) is 6.10 Å². The van der Waals surface area contributed by atoms with Crippen molar-refractivity contribution in [3.8, 4) is 0 Å². The molecule has 4 rings (SSSR count). The fraction of sp³-hybridized carbons (Fsp3) is 0.684. The smallest absolute Gasteiger partial charge is 0.338 e. The van der Waals surface area contributed by atoms with E-state index in [1.54, 1.807) is 12.1 Å². The van der Waals surface area contributed by atoms with Crippen LogP contribution in [0.2, 0.25) is 0 Å². The largest absolute Gasteiger partial charge is 0.469 e. The molecule has 0 aromatic heterocycles. The lowest BCUT2D eigenvalue weighted by atomic mass is 9.89. The van der Waals surface area contributed by atoms with Crippen molar-refractivity contribution in [1.82, 2.24) is 0 Å². The van der Waals surface area contributed by atoms with Crippen molar-refractivity contribution < 1.29 is 38.0 Å². The van der Waals surface area contributed by atoms with Gasteiger partial charge in [0.2, 0.25) is 0 Å². The molecule has 0 bridgehead atoms. The summed E-state index contributed by atoms with van der Waals surface area (Å²) in [5.41, 5.74) is 0.544. The standard InChI is InChI=1S/C38H56O8/c1-3-4-8-19-30(44-36-22-13-15-26-42-36)24-25-32-31(20-11-5-6-12-21-35(39)41-2)33(45-37-23-14-16-27-43-37)28-34(32)46-38(40)29-17-9-7-10-18-29/h5,7,9-11,17-18,24-25,30-34,36-37H,3-4,6,8,12-16,19-23,26-28H2,1-2H3/t30-,31+,32+,33-,34+,36?,37?/m0/s1. The molecule has 0 amide bonds. The van der Waals surface area contributed by atoms with Crippen LogP contribution in [-0.2, 0) is 33.2 Å². The molecule has 3 aliphatic rings. The number of esters is 2. The molecule has 0 radical (unpaired) electrons. The summed E-state index contributed by atoms with van der Waals surface area (Å²) in [6.45, 7) is 3.66. The molecule has 8 heteroatoms. The topological polar surface area (TPSA) is 89.5 Å². The van der Waals surface area contributed by atoms with Gasteiger partial charge in [0, 0.05) is 32.0 Å². The minimum Gasteiger partial charge on any atom is -0.469 e. The molecule has 2 aliphatic heterocycles. The average Bonchev–Trinajstić information content (AvgIpc) is 3.40. The number of allylic oxidation sites excluding steroid dienone is 2. The van der Waals surface area contributed by atoms with E-state index in [-0.39, 0.29) is 54.7 Å². The number of unbranched alkanes of at least 4 members (excludes halogenated alkanes) is 3. The van der Waals surface area contributed by atoms with Crippen molar-refractivity contribution in [2.24, 2.45) is 11.8 Å². The normalized spacial score (nSPS) is 27.6. The summed E-state index contributed by atoms with van der Waals surface area (Å²) in [6, 6.07) is 9.20. The van der Waals surface area contributed by atoms with Gasteiger partial charge in [-0.1, -0.05) is 68.7 Å². The van der Waals surface area contributed by atoms with Gasteiger partial charge >= 0.3 is 11.9 Å². The van der Waals surface area contributed by atoms with Gasteiger partial charge in [-0.2, -0.15) is 0 Å². The number of rotatable bonds is 18. The number of carbonyl (C=O) groups excluding carboxylic acids is 2. The van der Waals surface area contributed by atoms with E-state index in [4.69, 9.17) is 28.4 Å². The molecule has 7 atom stereocenters. The van der Waals surface area contributed by atoms with Gasteiger partial charge < -0.3 is 28.4 Å². The van der Waals surface area contributed by atoms with Crippen molar-refractivity contribution in [2.75, 3.05) is 20.3 Å². The number of benzene rings is 1. The molecular formula is C38H56O8. The fourth-order valence-electron chi connectivity index (χ4n) is 6.64. The summed E-state index contributed by atoms with van der Waals surface area (Å²) in [5, 5.41) is 0. The van der Waals surface area contributed by atoms with Crippen LogP contribution in [0.3, 0.4) is 0 Å². The highest BCUT2D eigenvalue weighted by Gasteiger charge is 2.45. The third-order valence-electron chi connectivity index (χ3n) is 9.26. The lowest BCUT2D eigenvalue weighted by molar-refractivity contribution is -0.195. The van der Waals surface area contributed by atoms with Crippen molar-refractivity contribution >= 4 is 11.9 Å². The number of methoxy groups -OCH3 is 1. The molecule has 1 aromatic carbocycles. The second-order valence-corrected chi connectivity index (χ2v) is 12.8. The summed E-state index contributed by atoms with van der Waals surface area (Å²) >= 11 is 0. The Morgan fingerprint density at radius 1 is 0.935 bits per heavy atom. The summed E-state index contributed by atoms with van der Waals surface area (Å²) in [5.74, 6) is -0.491. The number of hydrogen-bond acceptors (Lipinski definition) is 8. The van der Waals surface area contributed by atoms with Gasteiger partial charge in [-0.15, -0.1) is 0 Å². The van der Waals surface area contributed by atoms with Crippen LogP contribution in [0.4, 0.5) is 0 Å². The van der Waals surface area contributed by atoms with Crippen LogP contribution in [0.15, 0.2) is 54.6 Å². The van der Waals surface area contributed by atoms with E-state index in [1.165, 1.54) is 7.11 Å². The van der Waals surface area contributed by atoms with E-state index >= 15 is 0 Å². The van der Waals surface area contributed by atoms with Gasteiger partial charge in [-0.25, -0.2) is 4.79 Å². The Bertz CT molecular complexity index is 1060. The van der Waals surface area contributed by atoms with Gasteiger partial charge in [0.25, 0.3) is 0 Å². The molecule has 256 valence electrons. The minimum absolute atomic E-state index is 0.0643. The summed E-state index contributed by atoms with van der Waals surface area (Å²) < 4.78 is 36.1. The van der Waals surface area contributed by atoms with Crippen LogP contribution < -0.4 is 0 Å². The summed E-state index contributed by atoms with van der Waals surface area (Å²) in [6.07, 6.45) is 21.5. The predicted octanol–water partition coefficient (Wildman–Crippen LogP) is 8.10. The third-order valence-corrected chi connectivity index (χ3v) is 9.26. The summed E-state index contributed by atoms with van der Waals surface area (Å²) in [4.78, 5) is 24.9. The zero-order valence-electron chi connectivity index (χ0n) is 28.0. The first-order valence-electron chi connectivity index (χ1n) is 17.8. The summed E-state index contributed by atoms with van der Waals surface area (Å²) in [7, 11) is 1.42. The highest BCUT2D eigenvalue weighted by molar-refractivity contribution is 5.89. The monoisotopic (exact) mass is 640 g/mol. The molecule has 3 fully saturated rings. The van der Waals surface area contributed by atoms with E-state index in [2.05, 4.69) is 31.2 Å². The Balaban J connectivity index is 1.55. The highest BCUT2D eigenvalue weighted by Crippen LogP contribution is 2.41. The molecule has 0 N–H and O–H groups in total. The minimum atomic E-state index is -0.350. The lowest BCUT2D eigenvalue weighted by Gasteiger charge is -2.30. The van der Waals surface area contributed by atoms with Gasteiger partial charge in [-0.05, 0) is 82.3 Å². The maximum absolute atomic E-state index is 13.3. The molecule has 2 heterocycles. The highest BCUT2D eigenvalue weighted by atomic mass is 16.7. The van der Waals surface area contributed by atoms with Gasteiger partial charge in [0.05, 0.1) is 24.9 Å². The zero-order chi connectivity index (χ0) is 32.4. The molecule has 2 saturated heterocycles. The number of ether oxygens (including phenoxy) is 6. The fourth-order valence-corrected chi connectivity index (χ4v) is 6.64. The Morgan fingerprint density at radius 2 is 1.70 bits per heavy atom. The van der Waals surface area contributed by atoms with E-state index < -0.39 is 0 Å². The number of carbonyl (C=O) groups is 2. The van der Waals surface area contributed by atoms with Crippen molar-refractivity contribution in [1.29, 1.82) is 0 Å². The van der Waals surface area contributed by atoms with Crippen LogP contribution >= 0.6 is 0 Å². The first-order chi connectivity index (χ1) is 22.6. The van der Waals surface area contributed by atoms with Gasteiger partial charge in [-0.3, -0.25) is 4.79 Å². The van der Waals surface area contributed by atoms with Gasteiger partial charge in [0.15, 0.2) is 12.6 Å². The predicted molar refractivity (Wildman–Crippen MR) is 177 cm³/mol. The Morgan fingerprint density at radius 3 is 2.39 bits per heavy atom. The Kier molecular flexibility index (Phi) is 16.3.